The molecule has 0 spiro atoms. The lowest BCUT2D eigenvalue weighted by Gasteiger charge is -2.21. The summed E-state index contributed by atoms with van der Waals surface area (Å²) in [5, 5.41) is 8.85. The molecule has 1 unspecified atom stereocenters. The standard InChI is InChI=1S/C13H9BrF3NO5S/c14-8-3-1-7(2-4-8)11(13(15,16)17)18-24(21,22)9-5-6-23-10(9)12(19)20/h1-6,11,18H,(H,19,20). The van der Waals surface area contributed by atoms with Crippen LogP contribution in [0.4, 0.5) is 13.2 Å². The van der Waals surface area contributed by atoms with E-state index in [2.05, 4.69) is 20.3 Å². The van der Waals surface area contributed by atoms with E-state index in [0.29, 0.717) is 4.47 Å². The Labute approximate surface area is 142 Å². The van der Waals surface area contributed by atoms with E-state index >= 15 is 0 Å². The van der Waals surface area contributed by atoms with E-state index in [-0.39, 0.29) is 5.56 Å². The van der Waals surface area contributed by atoms with Gasteiger partial charge in [-0.1, -0.05) is 28.1 Å². The van der Waals surface area contributed by atoms with Gasteiger partial charge in [-0.2, -0.15) is 17.9 Å². The van der Waals surface area contributed by atoms with Gasteiger partial charge in [-0.25, -0.2) is 13.2 Å². The van der Waals surface area contributed by atoms with Gasteiger partial charge in [0, 0.05) is 4.47 Å². The fourth-order valence-corrected chi connectivity index (χ4v) is 3.45. The molecule has 0 bridgehead atoms. The molecule has 1 atom stereocenters. The number of halogens is 4. The second-order valence-corrected chi connectivity index (χ2v) is 7.16. The Morgan fingerprint density at radius 3 is 2.29 bits per heavy atom. The van der Waals surface area contributed by atoms with Crippen molar-refractivity contribution >= 4 is 31.9 Å². The highest BCUT2D eigenvalue weighted by atomic mass is 79.9. The first-order valence-electron chi connectivity index (χ1n) is 6.17. The lowest BCUT2D eigenvalue weighted by Crippen LogP contribution is -2.38. The van der Waals surface area contributed by atoms with Gasteiger partial charge in [0.25, 0.3) is 0 Å². The number of furan rings is 1. The summed E-state index contributed by atoms with van der Waals surface area (Å²) in [6.07, 6.45) is -4.17. The van der Waals surface area contributed by atoms with Crippen LogP contribution in [-0.2, 0) is 10.0 Å². The van der Waals surface area contributed by atoms with Crippen LogP contribution in [0.15, 0.2) is 50.4 Å². The zero-order chi connectivity index (χ0) is 18.1. The summed E-state index contributed by atoms with van der Waals surface area (Å²) in [6, 6.07) is 3.05. The summed E-state index contributed by atoms with van der Waals surface area (Å²) < 4.78 is 70.6. The van der Waals surface area contributed by atoms with E-state index in [0.717, 1.165) is 24.5 Å². The van der Waals surface area contributed by atoms with Gasteiger partial charge >= 0.3 is 12.1 Å². The predicted molar refractivity (Wildman–Crippen MR) is 78.9 cm³/mol. The van der Waals surface area contributed by atoms with Gasteiger partial charge in [0.05, 0.1) is 6.26 Å². The molecule has 11 heteroatoms. The molecule has 2 aromatic rings. The molecular weight excluding hydrogens is 419 g/mol. The average Bonchev–Trinajstić information content (AvgIpc) is 2.95. The number of hydrogen-bond acceptors (Lipinski definition) is 4. The number of sulfonamides is 1. The molecule has 0 saturated heterocycles. The van der Waals surface area contributed by atoms with Crippen molar-refractivity contribution in [1.82, 2.24) is 4.72 Å². The molecule has 0 amide bonds. The number of benzene rings is 1. The van der Waals surface area contributed by atoms with Crippen molar-refractivity contribution in [2.45, 2.75) is 17.1 Å². The molecule has 1 aromatic heterocycles. The van der Waals surface area contributed by atoms with E-state index in [1.165, 1.54) is 16.9 Å². The quantitative estimate of drug-likeness (QED) is 0.762. The number of aromatic carboxylic acids is 1. The monoisotopic (exact) mass is 427 g/mol. The van der Waals surface area contributed by atoms with Gasteiger partial charge in [-0.3, -0.25) is 0 Å². The van der Waals surface area contributed by atoms with Crippen LogP contribution in [0.3, 0.4) is 0 Å². The number of nitrogens with one attached hydrogen (secondary N) is 1. The Morgan fingerprint density at radius 1 is 1.21 bits per heavy atom. The first-order valence-corrected chi connectivity index (χ1v) is 8.45. The highest BCUT2D eigenvalue weighted by Gasteiger charge is 2.44. The topological polar surface area (TPSA) is 96.6 Å². The van der Waals surface area contributed by atoms with E-state index in [4.69, 9.17) is 5.11 Å². The van der Waals surface area contributed by atoms with Crippen LogP contribution in [0.1, 0.15) is 22.2 Å². The van der Waals surface area contributed by atoms with E-state index in [1.807, 2.05) is 0 Å². The molecule has 0 radical (unpaired) electrons. The summed E-state index contributed by atoms with van der Waals surface area (Å²) in [5.74, 6) is -2.69. The van der Waals surface area contributed by atoms with Crippen LogP contribution in [-0.4, -0.2) is 25.7 Å². The molecule has 2 rings (SSSR count). The van der Waals surface area contributed by atoms with Crippen molar-refractivity contribution in [1.29, 1.82) is 0 Å². The summed E-state index contributed by atoms with van der Waals surface area (Å²) in [5.41, 5.74) is -0.352. The highest BCUT2D eigenvalue weighted by molar-refractivity contribution is 9.10. The molecule has 0 fully saturated rings. The highest BCUT2D eigenvalue weighted by Crippen LogP contribution is 2.35. The van der Waals surface area contributed by atoms with Crippen molar-refractivity contribution in [3.63, 3.8) is 0 Å². The maximum absolute atomic E-state index is 13.3. The molecule has 24 heavy (non-hydrogen) atoms. The minimum atomic E-state index is -4.94. The fraction of sp³-hybridized carbons (Fsp3) is 0.154. The zero-order valence-electron chi connectivity index (χ0n) is 11.5. The Kier molecular flexibility index (Phi) is 5.06. The molecule has 0 aliphatic rings. The Morgan fingerprint density at radius 2 is 1.79 bits per heavy atom. The van der Waals surface area contributed by atoms with Crippen molar-refractivity contribution in [2.24, 2.45) is 0 Å². The van der Waals surface area contributed by atoms with Gasteiger partial charge in [0.2, 0.25) is 15.8 Å². The number of rotatable bonds is 5. The summed E-state index contributed by atoms with van der Waals surface area (Å²) in [4.78, 5) is 10.0. The SMILES string of the molecule is O=C(O)c1occc1S(=O)(=O)NC(c1ccc(Br)cc1)C(F)(F)F. The number of carboxylic acid groups (broad SMARTS) is 1. The van der Waals surface area contributed by atoms with E-state index in [1.54, 1.807) is 0 Å². The summed E-state index contributed by atoms with van der Waals surface area (Å²) in [6.45, 7) is 0. The van der Waals surface area contributed by atoms with E-state index in [9.17, 15) is 26.4 Å². The van der Waals surface area contributed by atoms with Crippen LogP contribution in [0.2, 0.25) is 0 Å². The zero-order valence-corrected chi connectivity index (χ0v) is 13.9. The van der Waals surface area contributed by atoms with E-state index < -0.39 is 38.9 Å². The maximum Gasteiger partial charge on any atom is 0.408 e. The molecule has 1 aromatic carbocycles. The average molecular weight is 428 g/mol. The third-order valence-corrected chi connectivity index (χ3v) is 4.89. The summed E-state index contributed by atoms with van der Waals surface area (Å²) in [7, 11) is -4.79. The van der Waals surface area contributed by atoms with Crippen LogP contribution >= 0.6 is 15.9 Å². The number of carbonyl (C=O) groups is 1. The first-order chi connectivity index (χ1) is 11.0. The van der Waals surface area contributed by atoms with Gasteiger partial charge in [-0.05, 0) is 23.8 Å². The Hall–Kier alpha value is -1.85. The predicted octanol–water partition coefficient (Wildman–Crippen LogP) is 3.32. The third-order valence-electron chi connectivity index (χ3n) is 2.92. The van der Waals surface area contributed by atoms with Gasteiger partial charge in [0.15, 0.2) is 0 Å². The third kappa shape index (κ3) is 3.97. The van der Waals surface area contributed by atoms with Gasteiger partial charge < -0.3 is 9.52 Å². The molecule has 0 saturated carbocycles. The fourth-order valence-electron chi connectivity index (χ4n) is 1.86. The normalized spacial score (nSPS) is 13.7. The Balaban J connectivity index is 2.44. The van der Waals surface area contributed by atoms with Crippen molar-refractivity contribution in [2.75, 3.05) is 0 Å². The van der Waals surface area contributed by atoms with Crippen molar-refractivity contribution < 1.29 is 35.9 Å². The first kappa shape index (κ1) is 18.5. The minimum Gasteiger partial charge on any atom is -0.475 e. The second-order valence-electron chi connectivity index (χ2n) is 4.57. The largest absolute Gasteiger partial charge is 0.475 e. The molecular formula is C13H9BrF3NO5S. The second kappa shape index (κ2) is 6.57. The smallest absolute Gasteiger partial charge is 0.408 e. The van der Waals surface area contributed by atoms with Crippen molar-refractivity contribution in [3.05, 3.63) is 52.4 Å². The number of alkyl halides is 3. The van der Waals surface area contributed by atoms with Crippen LogP contribution < -0.4 is 4.72 Å². The lowest BCUT2D eigenvalue weighted by atomic mass is 10.1. The molecule has 1 heterocycles. The Bertz CT molecular complexity index is 845. The molecule has 130 valence electrons. The van der Waals surface area contributed by atoms with Gasteiger partial charge in [-0.15, -0.1) is 0 Å². The van der Waals surface area contributed by atoms with Crippen molar-refractivity contribution in [3.8, 4) is 0 Å². The minimum absolute atomic E-state index is 0.352. The van der Waals surface area contributed by atoms with Crippen LogP contribution in [0.5, 0.6) is 0 Å². The maximum atomic E-state index is 13.3. The number of hydrogen-bond donors (Lipinski definition) is 2. The lowest BCUT2D eigenvalue weighted by molar-refractivity contribution is -0.153. The molecule has 2 N–H and O–H groups in total. The number of carboxylic acids is 1. The summed E-state index contributed by atoms with van der Waals surface area (Å²) >= 11 is 3.07. The van der Waals surface area contributed by atoms with Crippen LogP contribution in [0, 0.1) is 0 Å². The molecule has 0 aliphatic heterocycles. The van der Waals surface area contributed by atoms with Crippen LogP contribution in [0.25, 0.3) is 0 Å². The molecule has 0 aliphatic carbocycles. The van der Waals surface area contributed by atoms with Gasteiger partial charge in [0.1, 0.15) is 10.9 Å². The molecule has 6 nitrogen and oxygen atoms in total.